The average molecular weight is 220 g/mol. The van der Waals surface area contributed by atoms with Crippen molar-refractivity contribution in [2.24, 2.45) is 5.41 Å². The number of anilines is 1. The highest BCUT2D eigenvalue weighted by atomic mass is 16.3. The Labute approximate surface area is 94.7 Å². The molecule has 0 unspecified atom stereocenters. The highest BCUT2D eigenvalue weighted by molar-refractivity contribution is 5.96. The second-order valence-corrected chi connectivity index (χ2v) is 4.37. The van der Waals surface area contributed by atoms with Crippen LogP contribution in [0.5, 0.6) is 0 Å². The number of benzene rings is 1. The molecule has 86 valence electrons. The van der Waals surface area contributed by atoms with Gasteiger partial charge in [0.15, 0.2) is 0 Å². The molecule has 0 bridgehead atoms. The zero-order valence-corrected chi connectivity index (χ0v) is 9.29. The van der Waals surface area contributed by atoms with E-state index in [2.05, 4.69) is 10.6 Å². The summed E-state index contributed by atoms with van der Waals surface area (Å²) in [6.45, 7) is 2.95. The van der Waals surface area contributed by atoms with Crippen LogP contribution in [0, 0.1) is 12.3 Å². The van der Waals surface area contributed by atoms with E-state index in [9.17, 15) is 9.90 Å². The summed E-state index contributed by atoms with van der Waals surface area (Å²) < 4.78 is 0. The van der Waals surface area contributed by atoms with Gasteiger partial charge in [0.25, 0.3) is 0 Å². The van der Waals surface area contributed by atoms with Crippen molar-refractivity contribution in [3.8, 4) is 0 Å². The van der Waals surface area contributed by atoms with Crippen LogP contribution in [0.15, 0.2) is 24.3 Å². The molecule has 1 amide bonds. The van der Waals surface area contributed by atoms with Crippen molar-refractivity contribution in [1.29, 1.82) is 0 Å². The molecular weight excluding hydrogens is 204 g/mol. The molecule has 4 nitrogen and oxygen atoms in total. The van der Waals surface area contributed by atoms with Crippen LogP contribution in [0.1, 0.15) is 5.56 Å². The van der Waals surface area contributed by atoms with Crippen molar-refractivity contribution < 1.29 is 9.90 Å². The van der Waals surface area contributed by atoms with E-state index in [-0.39, 0.29) is 12.5 Å². The van der Waals surface area contributed by atoms with E-state index in [1.54, 1.807) is 0 Å². The topological polar surface area (TPSA) is 61.4 Å². The van der Waals surface area contributed by atoms with Crippen molar-refractivity contribution in [1.82, 2.24) is 5.32 Å². The Balaban J connectivity index is 2.07. The molecular formula is C12H16N2O2. The second-order valence-electron chi connectivity index (χ2n) is 4.37. The first-order valence-corrected chi connectivity index (χ1v) is 5.36. The van der Waals surface area contributed by atoms with Crippen molar-refractivity contribution in [3.05, 3.63) is 29.8 Å². The molecule has 1 aromatic carbocycles. The molecule has 0 saturated carbocycles. The van der Waals surface area contributed by atoms with E-state index >= 15 is 0 Å². The van der Waals surface area contributed by atoms with Crippen LogP contribution in [0.4, 0.5) is 5.69 Å². The normalized spacial score (nSPS) is 17.6. The van der Waals surface area contributed by atoms with Gasteiger partial charge in [-0.25, -0.2) is 0 Å². The van der Waals surface area contributed by atoms with Crippen LogP contribution in [-0.4, -0.2) is 30.7 Å². The molecule has 0 aliphatic carbocycles. The van der Waals surface area contributed by atoms with E-state index in [0.29, 0.717) is 13.1 Å². The first kappa shape index (κ1) is 11.1. The summed E-state index contributed by atoms with van der Waals surface area (Å²) in [4.78, 5) is 11.9. The Kier molecular flexibility index (Phi) is 2.94. The van der Waals surface area contributed by atoms with Gasteiger partial charge in [-0.2, -0.15) is 0 Å². The number of carbonyl (C=O) groups excluding carboxylic acids is 1. The van der Waals surface area contributed by atoms with Crippen molar-refractivity contribution in [2.75, 3.05) is 25.0 Å². The maximum atomic E-state index is 11.9. The van der Waals surface area contributed by atoms with Gasteiger partial charge in [-0.3, -0.25) is 4.79 Å². The third kappa shape index (κ3) is 1.94. The molecule has 1 aromatic rings. The molecule has 4 heteroatoms. The minimum absolute atomic E-state index is 0.112. The smallest absolute Gasteiger partial charge is 0.235 e. The third-order valence-corrected chi connectivity index (χ3v) is 2.99. The van der Waals surface area contributed by atoms with E-state index in [4.69, 9.17) is 0 Å². The molecule has 0 spiro atoms. The molecule has 3 N–H and O–H groups in total. The van der Waals surface area contributed by atoms with Crippen molar-refractivity contribution >= 4 is 11.6 Å². The van der Waals surface area contributed by atoms with Crippen LogP contribution in [0.2, 0.25) is 0 Å². The fourth-order valence-corrected chi connectivity index (χ4v) is 1.76. The van der Waals surface area contributed by atoms with Crippen LogP contribution in [0.25, 0.3) is 0 Å². The van der Waals surface area contributed by atoms with Crippen LogP contribution in [0.3, 0.4) is 0 Å². The predicted molar refractivity (Wildman–Crippen MR) is 62.2 cm³/mol. The lowest BCUT2D eigenvalue weighted by Gasteiger charge is -2.39. The van der Waals surface area contributed by atoms with Gasteiger partial charge in [0.2, 0.25) is 5.91 Å². The lowest BCUT2D eigenvalue weighted by Crippen LogP contribution is -2.62. The molecule has 1 aliphatic rings. The summed E-state index contributed by atoms with van der Waals surface area (Å²) in [5.74, 6) is -0.112. The van der Waals surface area contributed by atoms with Gasteiger partial charge >= 0.3 is 0 Å². The van der Waals surface area contributed by atoms with Gasteiger partial charge in [0, 0.05) is 18.8 Å². The lowest BCUT2D eigenvalue weighted by molar-refractivity contribution is -0.131. The number of amides is 1. The number of aliphatic hydroxyl groups is 1. The standard InChI is InChI=1S/C12H16N2O2/c1-9-3-2-4-10(5-9)14-11(16)12(8-15)6-13-7-12/h2-5,13,15H,6-8H2,1H3,(H,14,16). The summed E-state index contributed by atoms with van der Waals surface area (Å²) in [6.07, 6.45) is 0. The van der Waals surface area contributed by atoms with Gasteiger partial charge in [-0.15, -0.1) is 0 Å². The molecule has 0 radical (unpaired) electrons. The number of nitrogens with one attached hydrogen (secondary N) is 2. The fourth-order valence-electron chi connectivity index (χ4n) is 1.76. The van der Waals surface area contributed by atoms with Crippen LogP contribution >= 0.6 is 0 Å². The number of carbonyl (C=O) groups is 1. The molecule has 1 aliphatic heterocycles. The maximum absolute atomic E-state index is 11.9. The van der Waals surface area contributed by atoms with Crippen LogP contribution < -0.4 is 10.6 Å². The van der Waals surface area contributed by atoms with Crippen molar-refractivity contribution in [3.63, 3.8) is 0 Å². The van der Waals surface area contributed by atoms with E-state index in [1.807, 2.05) is 31.2 Å². The molecule has 2 rings (SSSR count). The second kappa shape index (κ2) is 4.23. The lowest BCUT2D eigenvalue weighted by atomic mass is 9.81. The van der Waals surface area contributed by atoms with Gasteiger partial charge in [0.1, 0.15) is 0 Å². The van der Waals surface area contributed by atoms with E-state index < -0.39 is 5.41 Å². The molecule has 1 saturated heterocycles. The average Bonchev–Trinajstić information content (AvgIpc) is 2.16. The zero-order chi connectivity index (χ0) is 11.6. The molecule has 1 heterocycles. The number of aryl methyl sites for hydroxylation is 1. The van der Waals surface area contributed by atoms with Gasteiger partial charge in [-0.05, 0) is 24.6 Å². The van der Waals surface area contributed by atoms with Gasteiger partial charge in [-0.1, -0.05) is 12.1 Å². The molecule has 0 aromatic heterocycles. The Bertz CT molecular complexity index is 394. The first-order chi connectivity index (χ1) is 7.66. The zero-order valence-electron chi connectivity index (χ0n) is 9.29. The quantitative estimate of drug-likeness (QED) is 0.695. The number of rotatable bonds is 3. The summed E-state index contributed by atoms with van der Waals surface area (Å²) in [7, 11) is 0. The summed E-state index contributed by atoms with van der Waals surface area (Å²) in [5.41, 5.74) is 1.25. The monoisotopic (exact) mass is 220 g/mol. The molecule has 16 heavy (non-hydrogen) atoms. The molecule has 1 fully saturated rings. The summed E-state index contributed by atoms with van der Waals surface area (Å²) in [5, 5.41) is 15.1. The van der Waals surface area contributed by atoms with Crippen LogP contribution in [-0.2, 0) is 4.79 Å². The number of hydrogen-bond acceptors (Lipinski definition) is 3. The first-order valence-electron chi connectivity index (χ1n) is 5.36. The minimum Gasteiger partial charge on any atom is -0.395 e. The fraction of sp³-hybridized carbons (Fsp3) is 0.417. The SMILES string of the molecule is Cc1cccc(NC(=O)C2(CO)CNC2)c1. The maximum Gasteiger partial charge on any atom is 0.235 e. The minimum atomic E-state index is -0.635. The number of hydrogen-bond donors (Lipinski definition) is 3. The Morgan fingerprint density at radius 2 is 2.31 bits per heavy atom. The van der Waals surface area contributed by atoms with Gasteiger partial charge in [0.05, 0.1) is 12.0 Å². The Hall–Kier alpha value is -1.39. The predicted octanol–water partition coefficient (Wildman–Crippen LogP) is 0.515. The number of aliphatic hydroxyl groups excluding tert-OH is 1. The Morgan fingerprint density at radius 3 is 2.81 bits per heavy atom. The third-order valence-electron chi connectivity index (χ3n) is 2.99. The van der Waals surface area contributed by atoms with Gasteiger partial charge < -0.3 is 15.7 Å². The largest absolute Gasteiger partial charge is 0.395 e. The highest BCUT2D eigenvalue weighted by Crippen LogP contribution is 2.24. The summed E-state index contributed by atoms with van der Waals surface area (Å²) >= 11 is 0. The molecule has 0 atom stereocenters. The Morgan fingerprint density at radius 1 is 1.56 bits per heavy atom. The highest BCUT2D eigenvalue weighted by Gasteiger charge is 2.43. The van der Waals surface area contributed by atoms with Crippen molar-refractivity contribution in [2.45, 2.75) is 6.92 Å². The van der Waals surface area contributed by atoms with E-state index in [1.165, 1.54) is 0 Å². The summed E-state index contributed by atoms with van der Waals surface area (Å²) in [6, 6.07) is 7.63. The van der Waals surface area contributed by atoms with E-state index in [0.717, 1.165) is 11.3 Å².